The molecule has 0 saturated heterocycles. The molecule has 0 rings (SSSR count). The van der Waals surface area contributed by atoms with E-state index in [-0.39, 0.29) is 0 Å². The van der Waals surface area contributed by atoms with E-state index in [2.05, 4.69) is 18.9 Å². The maximum atomic E-state index is 5.35. The maximum Gasteiger partial charge on any atom is 0.0414 e. The minimum Gasteiger partial charge on any atom is -0.271 e. The molecule has 0 saturated carbocycles. The molecular formula is C9H20N2. The lowest BCUT2D eigenvalue weighted by Crippen LogP contribution is -2.35. The first-order valence-corrected chi connectivity index (χ1v) is 4.33. The van der Waals surface area contributed by atoms with Gasteiger partial charge in [-0.15, -0.1) is 0 Å². The molecule has 0 aliphatic carbocycles. The fraction of sp³-hybridized carbons (Fsp3) is 0.778. The van der Waals surface area contributed by atoms with Gasteiger partial charge in [0.2, 0.25) is 0 Å². The predicted molar refractivity (Wildman–Crippen MR) is 50.1 cm³/mol. The fourth-order valence-electron chi connectivity index (χ4n) is 1.07. The number of rotatable bonds is 6. The first kappa shape index (κ1) is 10.7. The lowest BCUT2D eigenvalue weighted by Gasteiger charge is -2.14. The van der Waals surface area contributed by atoms with Crippen LogP contribution in [-0.2, 0) is 0 Å². The van der Waals surface area contributed by atoms with Crippen molar-refractivity contribution in [3.63, 3.8) is 0 Å². The average molecular weight is 156 g/mol. The molecule has 3 N–H and O–H groups in total. The van der Waals surface area contributed by atoms with Gasteiger partial charge in [0.15, 0.2) is 0 Å². The fourth-order valence-corrected chi connectivity index (χ4v) is 1.07. The van der Waals surface area contributed by atoms with Gasteiger partial charge in [0.25, 0.3) is 0 Å². The summed E-state index contributed by atoms with van der Waals surface area (Å²) in [5.74, 6) is 5.35. The van der Waals surface area contributed by atoms with Gasteiger partial charge in [-0.3, -0.25) is 11.3 Å². The van der Waals surface area contributed by atoms with Crippen molar-refractivity contribution in [3.05, 3.63) is 12.2 Å². The van der Waals surface area contributed by atoms with Crippen LogP contribution in [0.5, 0.6) is 0 Å². The van der Waals surface area contributed by atoms with Crippen molar-refractivity contribution in [3.8, 4) is 0 Å². The van der Waals surface area contributed by atoms with Gasteiger partial charge in [0.1, 0.15) is 0 Å². The molecular weight excluding hydrogens is 136 g/mol. The number of nitrogens with one attached hydrogen (secondary N) is 1. The van der Waals surface area contributed by atoms with E-state index >= 15 is 0 Å². The van der Waals surface area contributed by atoms with Crippen LogP contribution in [0.2, 0.25) is 0 Å². The Balaban J connectivity index is 3.44. The highest BCUT2D eigenvalue weighted by Gasteiger charge is 2.04. The lowest BCUT2D eigenvalue weighted by molar-refractivity contribution is 0.519. The van der Waals surface area contributed by atoms with Crippen LogP contribution in [0.25, 0.3) is 0 Å². The van der Waals surface area contributed by atoms with Crippen molar-refractivity contribution in [2.24, 2.45) is 5.84 Å². The van der Waals surface area contributed by atoms with Crippen molar-refractivity contribution in [1.82, 2.24) is 5.43 Å². The molecule has 0 aromatic heterocycles. The number of unbranched alkanes of at least 4 members (excludes halogenated alkanes) is 2. The molecule has 0 bridgehead atoms. The minimum atomic E-state index is 0.307. The van der Waals surface area contributed by atoms with E-state index in [9.17, 15) is 0 Å². The van der Waals surface area contributed by atoms with Gasteiger partial charge in [0, 0.05) is 6.04 Å². The molecule has 11 heavy (non-hydrogen) atoms. The lowest BCUT2D eigenvalue weighted by atomic mass is 10.0. The van der Waals surface area contributed by atoms with Crippen LogP contribution in [-0.4, -0.2) is 6.04 Å². The Morgan fingerprint density at radius 1 is 1.55 bits per heavy atom. The van der Waals surface area contributed by atoms with E-state index in [0.717, 1.165) is 12.0 Å². The third-order valence-electron chi connectivity index (χ3n) is 1.89. The topological polar surface area (TPSA) is 38.0 Å². The maximum absolute atomic E-state index is 5.35. The Labute approximate surface area is 69.8 Å². The molecule has 0 aromatic carbocycles. The van der Waals surface area contributed by atoms with E-state index in [4.69, 9.17) is 5.84 Å². The summed E-state index contributed by atoms with van der Waals surface area (Å²) < 4.78 is 0. The quantitative estimate of drug-likeness (QED) is 0.267. The van der Waals surface area contributed by atoms with Crippen molar-refractivity contribution in [2.75, 3.05) is 0 Å². The molecule has 0 aliphatic heterocycles. The Kier molecular flexibility index (Phi) is 6.18. The summed E-state index contributed by atoms with van der Waals surface area (Å²) in [5, 5.41) is 0. The monoisotopic (exact) mass is 156 g/mol. The third kappa shape index (κ3) is 4.99. The molecule has 0 aromatic rings. The van der Waals surface area contributed by atoms with E-state index in [1.54, 1.807) is 0 Å². The summed E-state index contributed by atoms with van der Waals surface area (Å²) in [5.41, 5.74) is 3.89. The summed E-state index contributed by atoms with van der Waals surface area (Å²) in [7, 11) is 0. The molecule has 0 heterocycles. The molecule has 0 radical (unpaired) electrons. The van der Waals surface area contributed by atoms with Crippen LogP contribution < -0.4 is 11.3 Å². The summed E-state index contributed by atoms with van der Waals surface area (Å²) in [6.07, 6.45) is 4.89. The van der Waals surface area contributed by atoms with E-state index in [0.29, 0.717) is 6.04 Å². The van der Waals surface area contributed by atoms with Crippen LogP contribution in [0, 0.1) is 0 Å². The van der Waals surface area contributed by atoms with Gasteiger partial charge >= 0.3 is 0 Å². The first-order valence-electron chi connectivity index (χ1n) is 4.33. The second-order valence-electron chi connectivity index (χ2n) is 3.06. The van der Waals surface area contributed by atoms with Crippen molar-refractivity contribution in [1.29, 1.82) is 0 Å². The summed E-state index contributed by atoms with van der Waals surface area (Å²) >= 11 is 0. The standard InChI is InChI=1S/C9H20N2/c1-4-5-6-7-9(11-10)8(2)3/h9,11H,2,4-7,10H2,1,3H3. The van der Waals surface area contributed by atoms with Gasteiger partial charge < -0.3 is 0 Å². The largest absolute Gasteiger partial charge is 0.271 e. The number of hydrogen-bond donors (Lipinski definition) is 2. The summed E-state index contributed by atoms with van der Waals surface area (Å²) in [6.45, 7) is 8.07. The van der Waals surface area contributed by atoms with Gasteiger partial charge in [-0.2, -0.15) is 0 Å². The number of hydrazine groups is 1. The van der Waals surface area contributed by atoms with Crippen LogP contribution in [0.3, 0.4) is 0 Å². The number of hydrogen-bond acceptors (Lipinski definition) is 2. The molecule has 0 aliphatic rings. The van der Waals surface area contributed by atoms with Gasteiger partial charge in [-0.1, -0.05) is 38.3 Å². The third-order valence-corrected chi connectivity index (χ3v) is 1.89. The normalized spacial score (nSPS) is 13.0. The van der Waals surface area contributed by atoms with Crippen molar-refractivity contribution >= 4 is 0 Å². The van der Waals surface area contributed by atoms with Crippen molar-refractivity contribution < 1.29 is 0 Å². The zero-order valence-corrected chi connectivity index (χ0v) is 7.69. The second-order valence-corrected chi connectivity index (χ2v) is 3.06. The predicted octanol–water partition coefficient (Wildman–Crippen LogP) is 1.97. The van der Waals surface area contributed by atoms with E-state index < -0.39 is 0 Å². The zero-order chi connectivity index (χ0) is 8.69. The van der Waals surface area contributed by atoms with Crippen LogP contribution >= 0.6 is 0 Å². The smallest absolute Gasteiger partial charge is 0.0414 e. The molecule has 1 unspecified atom stereocenters. The highest BCUT2D eigenvalue weighted by Crippen LogP contribution is 2.07. The summed E-state index contributed by atoms with van der Waals surface area (Å²) in [4.78, 5) is 0. The van der Waals surface area contributed by atoms with Crippen LogP contribution in [0.1, 0.15) is 39.5 Å². The summed E-state index contributed by atoms with van der Waals surface area (Å²) in [6, 6.07) is 0.307. The highest BCUT2D eigenvalue weighted by atomic mass is 15.2. The van der Waals surface area contributed by atoms with E-state index in [1.165, 1.54) is 19.3 Å². The van der Waals surface area contributed by atoms with Gasteiger partial charge in [-0.25, -0.2) is 0 Å². The second kappa shape index (κ2) is 6.38. The Morgan fingerprint density at radius 2 is 2.18 bits per heavy atom. The SMILES string of the molecule is C=C(C)C(CCCCC)NN. The minimum absolute atomic E-state index is 0.307. The van der Waals surface area contributed by atoms with Gasteiger partial charge in [0.05, 0.1) is 0 Å². The van der Waals surface area contributed by atoms with Crippen LogP contribution in [0.15, 0.2) is 12.2 Å². The van der Waals surface area contributed by atoms with E-state index in [1.807, 2.05) is 6.92 Å². The number of nitrogens with two attached hydrogens (primary N) is 1. The Bertz CT molecular complexity index is 110. The zero-order valence-electron chi connectivity index (χ0n) is 7.69. The molecule has 1 atom stereocenters. The highest BCUT2D eigenvalue weighted by molar-refractivity contribution is 5.00. The molecule has 0 amide bonds. The Hall–Kier alpha value is -0.340. The average Bonchev–Trinajstić information content (AvgIpc) is 1.97. The Morgan fingerprint density at radius 3 is 2.55 bits per heavy atom. The molecule has 0 spiro atoms. The molecule has 0 fully saturated rings. The van der Waals surface area contributed by atoms with Crippen LogP contribution in [0.4, 0.5) is 0 Å². The molecule has 2 heteroatoms. The first-order chi connectivity index (χ1) is 5.22. The molecule has 66 valence electrons. The van der Waals surface area contributed by atoms with Crippen molar-refractivity contribution in [2.45, 2.75) is 45.6 Å². The van der Waals surface area contributed by atoms with Gasteiger partial charge in [-0.05, 0) is 13.3 Å². The molecule has 2 nitrogen and oxygen atoms in total.